The van der Waals surface area contributed by atoms with Crippen LogP contribution in [0.4, 0.5) is 4.79 Å². The lowest BCUT2D eigenvalue weighted by Gasteiger charge is -2.06. The van der Waals surface area contributed by atoms with Gasteiger partial charge in [0.05, 0.1) is 0 Å². The van der Waals surface area contributed by atoms with Crippen LogP contribution in [0.5, 0.6) is 0 Å². The normalized spacial score (nSPS) is 18.8. The Bertz CT molecular complexity index is 402. The van der Waals surface area contributed by atoms with Crippen LogP contribution in [0.1, 0.15) is 5.56 Å². The Kier molecular flexibility index (Phi) is 3.07. The molecule has 0 fully saturated rings. The molecule has 84 valence electrons. The molecule has 0 aromatic heterocycles. The van der Waals surface area contributed by atoms with Crippen molar-refractivity contribution >= 4 is 6.16 Å². The molecule has 2 rings (SSSR count). The Hall–Kier alpha value is -2.01. The lowest BCUT2D eigenvalue weighted by molar-refractivity contribution is 0.0162. The van der Waals surface area contributed by atoms with Gasteiger partial charge in [-0.2, -0.15) is 0 Å². The molecule has 0 spiro atoms. The summed E-state index contributed by atoms with van der Waals surface area (Å²) in [5.74, 6) is 0.119. The predicted octanol–water partition coefficient (Wildman–Crippen LogP) is 1.67. The highest BCUT2D eigenvalue weighted by Gasteiger charge is 2.19. The fourth-order valence-corrected chi connectivity index (χ4v) is 1.47. The summed E-state index contributed by atoms with van der Waals surface area (Å²) in [7, 11) is 0. The van der Waals surface area contributed by atoms with Crippen LogP contribution in [-0.2, 0) is 16.0 Å². The molecule has 2 N–H and O–H groups in total. The van der Waals surface area contributed by atoms with Crippen LogP contribution >= 0.6 is 0 Å². The van der Waals surface area contributed by atoms with Crippen molar-refractivity contribution in [1.82, 2.24) is 5.48 Å². The van der Waals surface area contributed by atoms with Crippen molar-refractivity contribution in [3.05, 3.63) is 47.9 Å². The van der Waals surface area contributed by atoms with E-state index in [2.05, 4.69) is 10.2 Å². The van der Waals surface area contributed by atoms with Gasteiger partial charge >= 0.3 is 6.16 Å². The quantitative estimate of drug-likeness (QED) is 0.760. The highest BCUT2D eigenvalue weighted by Crippen LogP contribution is 2.13. The van der Waals surface area contributed by atoms with E-state index < -0.39 is 6.16 Å². The summed E-state index contributed by atoms with van der Waals surface area (Å²) >= 11 is 0. The summed E-state index contributed by atoms with van der Waals surface area (Å²) in [6.07, 6.45) is 0.695. The van der Waals surface area contributed by atoms with Gasteiger partial charge in [0.15, 0.2) is 0 Å². The minimum atomic E-state index is -1.36. The van der Waals surface area contributed by atoms with E-state index >= 15 is 0 Å². The number of nitrogens with one attached hydrogen (secondary N) is 1. The molecule has 1 aliphatic rings. The van der Waals surface area contributed by atoms with Gasteiger partial charge in [-0.1, -0.05) is 30.3 Å². The Morgan fingerprint density at radius 3 is 2.88 bits per heavy atom. The number of hydroxylamine groups is 1. The first-order valence-electron chi connectivity index (χ1n) is 4.82. The first kappa shape index (κ1) is 10.5. The molecular weight excluding hydrogens is 210 g/mol. The van der Waals surface area contributed by atoms with Crippen LogP contribution in [0.15, 0.2) is 42.3 Å². The first-order valence-corrected chi connectivity index (χ1v) is 4.82. The van der Waals surface area contributed by atoms with E-state index in [1.54, 1.807) is 6.08 Å². The SMILES string of the molecule is O=C(O)OC1=CC(Cc2ccccc2)ON1. The van der Waals surface area contributed by atoms with Crippen LogP contribution in [0.3, 0.4) is 0 Å². The Labute approximate surface area is 92.2 Å². The van der Waals surface area contributed by atoms with Crippen molar-refractivity contribution in [2.45, 2.75) is 12.5 Å². The lowest BCUT2D eigenvalue weighted by Crippen LogP contribution is -2.16. The summed E-state index contributed by atoms with van der Waals surface area (Å²) < 4.78 is 4.42. The monoisotopic (exact) mass is 221 g/mol. The maximum absolute atomic E-state index is 10.3. The first-order chi connectivity index (χ1) is 7.74. The van der Waals surface area contributed by atoms with Crippen molar-refractivity contribution in [3.8, 4) is 0 Å². The fraction of sp³-hybridized carbons (Fsp3) is 0.182. The minimum Gasteiger partial charge on any atom is -0.449 e. The third-order valence-corrected chi connectivity index (χ3v) is 2.13. The molecule has 0 amide bonds. The molecule has 5 nitrogen and oxygen atoms in total. The largest absolute Gasteiger partial charge is 0.512 e. The van der Waals surface area contributed by atoms with Gasteiger partial charge in [-0.3, -0.25) is 4.84 Å². The summed E-state index contributed by atoms with van der Waals surface area (Å²) in [4.78, 5) is 15.4. The van der Waals surface area contributed by atoms with Crippen molar-refractivity contribution in [1.29, 1.82) is 0 Å². The van der Waals surface area contributed by atoms with Gasteiger partial charge in [0.25, 0.3) is 0 Å². The van der Waals surface area contributed by atoms with E-state index in [0.29, 0.717) is 6.42 Å². The fourth-order valence-electron chi connectivity index (χ4n) is 1.47. The maximum atomic E-state index is 10.3. The zero-order valence-electron chi connectivity index (χ0n) is 8.42. The van der Waals surface area contributed by atoms with Crippen LogP contribution in [0.25, 0.3) is 0 Å². The van der Waals surface area contributed by atoms with Gasteiger partial charge in [-0.05, 0) is 5.56 Å². The van der Waals surface area contributed by atoms with Crippen molar-refractivity contribution in [2.24, 2.45) is 0 Å². The predicted molar refractivity (Wildman–Crippen MR) is 55.3 cm³/mol. The second kappa shape index (κ2) is 4.67. The summed E-state index contributed by atoms with van der Waals surface area (Å²) in [5, 5.41) is 8.39. The highest BCUT2D eigenvalue weighted by atomic mass is 16.7. The second-order valence-corrected chi connectivity index (χ2v) is 3.35. The van der Waals surface area contributed by atoms with Crippen molar-refractivity contribution in [3.63, 3.8) is 0 Å². The van der Waals surface area contributed by atoms with Crippen LogP contribution in [0.2, 0.25) is 0 Å². The van der Waals surface area contributed by atoms with Crippen LogP contribution in [0, 0.1) is 0 Å². The summed E-state index contributed by atoms with van der Waals surface area (Å²) in [6, 6.07) is 9.78. The topological polar surface area (TPSA) is 67.8 Å². The average Bonchev–Trinajstić information content (AvgIpc) is 2.66. The van der Waals surface area contributed by atoms with Crippen LogP contribution in [-0.4, -0.2) is 17.4 Å². The molecule has 1 aromatic carbocycles. The third-order valence-electron chi connectivity index (χ3n) is 2.13. The highest BCUT2D eigenvalue weighted by molar-refractivity contribution is 5.58. The molecule has 16 heavy (non-hydrogen) atoms. The molecule has 1 unspecified atom stereocenters. The Morgan fingerprint density at radius 1 is 1.44 bits per heavy atom. The zero-order chi connectivity index (χ0) is 11.4. The van der Waals surface area contributed by atoms with Gasteiger partial charge in [0, 0.05) is 12.5 Å². The molecule has 1 atom stereocenters. The van der Waals surface area contributed by atoms with Gasteiger partial charge < -0.3 is 9.84 Å². The van der Waals surface area contributed by atoms with E-state index in [1.165, 1.54) is 0 Å². The number of hydrogen-bond acceptors (Lipinski definition) is 4. The van der Waals surface area contributed by atoms with E-state index in [-0.39, 0.29) is 12.0 Å². The maximum Gasteiger partial charge on any atom is 0.512 e. The molecule has 0 radical (unpaired) electrons. The molecule has 0 bridgehead atoms. The molecule has 1 heterocycles. The van der Waals surface area contributed by atoms with E-state index in [4.69, 9.17) is 9.94 Å². The van der Waals surface area contributed by atoms with Crippen LogP contribution < -0.4 is 5.48 Å². The molecule has 0 aliphatic carbocycles. The number of carbonyl (C=O) groups is 1. The average molecular weight is 221 g/mol. The summed E-state index contributed by atoms with van der Waals surface area (Å²) in [6.45, 7) is 0. The van der Waals surface area contributed by atoms with Gasteiger partial charge in [-0.25, -0.2) is 10.3 Å². The molecule has 5 heteroatoms. The number of hydrogen-bond donors (Lipinski definition) is 2. The van der Waals surface area contributed by atoms with Crippen molar-refractivity contribution in [2.75, 3.05) is 0 Å². The number of benzene rings is 1. The number of rotatable bonds is 3. The molecule has 1 aromatic rings. The van der Waals surface area contributed by atoms with E-state index in [1.807, 2.05) is 30.3 Å². The van der Waals surface area contributed by atoms with E-state index in [9.17, 15) is 4.79 Å². The Morgan fingerprint density at radius 2 is 2.19 bits per heavy atom. The smallest absolute Gasteiger partial charge is 0.449 e. The summed E-state index contributed by atoms with van der Waals surface area (Å²) in [5.41, 5.74) is 3.53. The second-order valence-electron chi connectivity index (χ2n) is 3.35. The standard InChI is InChI=1S/C11H11NO4/c13-11(14)15-10-7-9(16-12-10)6-8-4-2-1-3-5-8/h1-5,7,9,12H,6H2,(H,13,14). The minimum absolute atomic E-state index is 0.119. The van der Waals surface area contributed by atoms with Crippen molar-refractivity contribution < 1.29 is 19.5 Å². The molecule has 0 saturated carbocycles. The lowest BCUT2D eigenvalue weighted by atomic mass is 10.1. The molecule has 0 saturated heterocycles. The zero-order valence-corrected chi connectivity index (χ0v) is 8.42. The number of ether oxygens (including phenoxy) is 1. The number of carboxylic acid groups (broad SMARTS) is 1. The van der Waals surface area contributed by atoms with Gasteiger partial charge in [0.1, 0.15) is 6.10 Å². The van der Waals surface area contributed by atoms with E-state index in [0.717, 1.165) is 5.56 Å². The molecular formula is C11H11NO4. The molecule has 1 aliphatic heterocycles. The third kappa shape index (κ3) is 2.74. The Balaban J connectivity index is 1.93. The van der Waals surface area contributed by atoms with Gasteiger partial charge in [-0.15, -0.1) is 0 Å². The van der Waals surface area contributed by atoms with Gasteiger partial charge in [0.2, 0.25) is 5.88 Å².